The number of rotatable bonds is 5. The molecule has 1 aromatic carbocycles. The molecule has 1 aliphatic heterocycles. The van der Waals surface area contributed by atoms with E-state index in [1.54, 1.807) is 21.8 Å². The number of hydrogen-bond donors (Lipinski definition) is 2. The van der Waals surface area contributed by atoms with E-state index in [0.29, 0.717) is 30.5 Å². The van der Waals surface area contributed by atoms with Gasteiger partial charge in [0.05, 0.1) is 19.3 Å². The van der Waals surface area contributed by atoms with Gasteiger partial charge in [0, 0.05) is 29.6 Å². The van der Waals surface area contributed by atoms with Gasteiger partial charge >= 0.3 is 6.03 Å². The quantitative estimate of drug-likeness (QED) is 0.837. The average molecular weight is 377 g/mol. The maximum atomic E-state index is 12.7. The highest BCUT2D eigenvalue weighted by Gasteiger charge is 2.35. The summed E-state index contributed by atoms with van der Waals surface area (Å²) >= 11 is 5.92. The van der Waals surface area contributed by atoms with Crippen molar-refractivity contribution in [1.82, 2.24) is 14.7 Å². The maximum absolute atomic E-state index is 12.7. The Balaban J connectivity index is 1.67. The number of carbonyl (C=O) groups excluding carboxylic acids is 1. The Morgan fingerprint density at radius 1 is 1.35 bits per heavy atom. The lowest BCUT2D eigenvalue weighted by atomic mass is 9.78. The van der Waals surface area contributed by atoms with E-state index in [2.05, 4.69) is 17.3 Å². The van der Waals surface area contributed by atoms with Crippen molar-refractivity contribution >= 4 is 23.4 Å². The highest BCUT2D eigenvalue weighted by molar-refractivity contribution is 6.30. The molecule has 0 unspecified atom stereocenters. The summed E-state index contributed by atoms with van der Waals surface area (Å²) in [6.07, 6.45) is 4.40. The molecule has 1 atom stereocenters. The van der Waals surface area contributed by atoms with Gasteiger partial charge in [-0.2, -0.15) is 5.10 Å². The standard InChI is InChI=1S/C19H25ClN4O2/c1-2-19(14-25)9-3-11-23(13-19)18(26)22-17-8-10-21-24(17)12-15-4-6-16(20)7-5-15/h4-8,10,25H,2-3,9,11-14H2,1H3,(H,22,26)/t19-/m1/s1. The number of aliphatic hydroxyl groups excluding tert-OH is 1. The Bertz CT molecular complexity index is 740. The van der Waals surface area contributed by atoms with Crippen molar-refractivity contribution in [2.24, 2.45) is 5.41 Å². The molecule has 2 heterocycles. The zero-order valence-electron chi connectivity index (χ0n) is 15.0. The van der Waals surface area contributed by atoms with Crippen molar-refractivity contribution in [2.75, 3.05) is 25.0 Å². The molecular formula is C19H25ClN4O2. The minimum atomic E-state index is -0.181. The van der Waals surface area contributed by atoms with Crippen LogP contribution in [0.3, 0.4) is 0 Å². The molecule has 0 radical (unpaired) electrons. The summed E-state index contributed by atoms with van der Waals surface area (Å²) in [6.45, 7) is 4.02. The highest BCUT2D eigenvalue weighted by Crippen LogP contribution is 2.33. The first-order chi connectivity index (χ1) is 12.5. The first-order valence-corrected chi connectivity index (χ1v) is 9.36. The zero-order valence-corrected chi connectivity index (χ0v) is 15.7. The molecule has 3 rings (SSSR count). The number of aromatic nitrogens is 2. The van der Waals surface area contributed by atoms with Crippen LogP contribution in [0.25, 0.3) is 0 Å². The van der Waals surface area contributed by atoms with Crippen LogP contribution in [0.5, 0.6) is 0 Å². The minimum Gasteiger partial charge on any atom is -0.396 e. The monoisotopic (exact) mass is 376 g/mol. The smallest absolute Gasteiger partial charge is 0.323 e. The van der Waals surface area contributed by atoms with Crippen LogP contribution >= 0.6 is 11.6 Å². The molecule has 0 spiro atoms. The van der Waals surface area contributed by atoms with Gasteiger partial charge in [0.15, 0.2) is 0 Å². The molecule has 0 aliphatic carbocycles. The van der Waals surface area contributed by atoms with Crippen LogP contribution in [0.4, 0.5) is 10.6 Å². The molecule has 2 amide bonds. The second-order valence-corrected chi connectivity index (χ2v) is 7.40. The molecule has 26 heavy (non-hydrogen) atoms. The molecule has 7 heteroatoms. The van der Waals surface area contributed by atoms with Gasteiger partial charge < -0.3 is 10.0 Å². The molecule has 1 aromatic heterocycles. The number of urea groups is 1. The molecule has 0 saturated carbocycles. The van der Waals surface area contributed by atoms with Crippen LogP contribution in [0.1, 0.15) is 31.7 Å². The summed E-state index contributed by atoms with van der Waals surface area (Å²) in [7, 11) is 0. The number of halogens is 1. The Kier molecular flexibility index (Phi) is 5.84. The number of piperidine rings is 1. The topological polar surface area (TPSA) is 70.4 Å². The fourth-order valence-electron chi connectivity index (χ4n) is 3.43. The van der Waals surface area contributed by atoms with Gasteiger partial charge in [-0.1, -0.05) is 30.7 Å². The molecule has 0 bridgehead atoms. The van der Waals surface area contributed by atoms with Gasteiger partial charge in [-0.15, -0.1) is 0 Å². The Hall–Kier alpha value is -2.05. The van der Waals surface area contributed by atoms with Crippen molar-refractivity contribution in [2.45, 2.75) is 32.7 Å². The first kappa shape index (κ1) is 18.7. The minimum absolute atomic E-state index is 0.113. The summed E-state index contributed by atoms with van der Waals surface area (Å²) in [4.78, 5) is 14.5. The molecule has 1 saturated heterocycles. The highest BCUT2D eigenvalue weighted by atomic mass is 35.5. The number of carbonyl (C=O) groups is 1. The fraction of sp³-hybridized carbons (Fsp3) is 0.474. The second kappa shape index (κ2) is 8.10. The molecular weight excluding hydrogens is 352 g/mol. The van der Waals surface area contributed by atoms with Crippen molar-refractivity contribution in [3.05, 3.63) is 47.1 Å². The Morgan fingerprint density at radius 2 is 2.12 bits per heavy atom. The molecule has 140 valence electrons. The molecule has 6 nitrogen and oxygen atoms in total. The normalized spacial score (nSPS) is 20.2. The van der Waals surface area contributed by atoms with Crippen LogP contribution in [-0.2, 0) is 6.54 Å². The third-order valence-electron chi connectivity index (χ3n) is 5.23. The number of anilines is 1. The van der Waals surface area contributed by atoms with E-state index in [0.717, 1.165) is 24.8 Å². The van der Waals surface area contributed by atoms with E-state index >= 15 is 0 Å². The lowest BCUT2D eigenvalue weighted by Crippen LogP contribution is -2.49. The van der Waals surface area contributed by atoms with Crippen molar-refractivity contribution in [1.29, 1.82) is 0 Å². The molecule has 2 N–H and O–H groups in total. The van der Waals surface area contributed by atoms with Crippen molar-refractivity contribution in [3.8, 4) is 0 Å². The lowest BCUT2D eigenvalue weighted by molar-refractivity contribution is 0.0468. The summed E-state index contributed by atoms with van der Waals surface area (Å²) < 4.78 is 1.75. The second-order valence-electron chi connectivity index (χ2n) is 6.97. The number of amides is 2. The van der Waals surface area contributed by atoms with Crippen molar-refractivity contribution < 1.29 is 9.90 Å². The molecule has 1 fully saturated rings. The van der Waals surface area contributed by atoms with Gasteiger partial charge in [0.1, 0.15) is 5.82 Å². The zero-order chi connectivity index (χ0) is 18.6. The van der Waals surface area contributed by atoms with E-state index < -0.39 is 0 Å². The number of benzene rings is 1. The van der Waals surface area contributed by atoms with E-state index in [9.17, 15) is 9.90 Å². The van der Waals surface area contributed by atoms with Gasteiger partial charge in [0.25, 0.3) is 0 Å². The molecule has 1 aliphatic rings. The van der Waals surface area contributed by atoms with Crippen LogP contribution in [0, 0.1) is 5.41 Å². The third kappa shape index (κ3) is 4.19. The van der Waals surface area contributed by atoms with E-state index in [4.69, 9.17) is 11.6 Å². The van der Waals surface area contributed by atoms with Gasteiger partial charge in [-0.25, -0.2) is 9.48 Å². The SMILES string of the molecule is CC[C@@]1(CO)CCCN(C(=O)Nc2ccnn2Cc2ccc(Cl)cc2)C1. The summed E-state index contributed by atoms with van der Waals surface area (Å²) in [6, 6.07) is 9.20. The van der Waals surface area contributed by atoms with E-state index in [1.165, 1.54) is 0 Å². The van der Waals surface area contributed by atoms with Gasteiger partial charge in [-0.05, 0) is 37.0 Å². The predicted octanol–water partition coefficient (Wildman–Crippen LogP) is 3.60. The van der Waals surface area contributed by atoms with E-state index in [-0.39, 0.29) is 18.1 Å². The maximum Gasteiger partial charge on any atom is 0.323 e. The number of nitrogens with zero attached hydrogens (tertiary/aromatic N) is 3. The van der Waals surface area contributed by atoms with Crippen LogP contribution in [-0.4, -0.2) is 45.5 Å². The summed E-state index contributed by atoms with van der Waals surface area (Å²) in [5, 5.41) is 17.7. The van der Waals surface area contributed by atoms with Gasteiger partial charge in [0.2, 0.25) is 0 Å². The number of aliphatic hydroxyl groups is 1. The lowest BCUT2D eigenvalue weighted by Gasteiger charge is -2.41. The summed E-state index contributed by atoms with van der Waals surface area (Å²) in [5.41, 5.74) is 0.871. The fourth-order valence-corrected chi connectivity index (χ4v) is 3.55. The van der Waals surface area contributed by atoms with E-state index in [1.807, 2.05) is 24.3 Å². The Labute approximate surface area is 158 Å². The largest absolute Gasteiger partial charge is 0.396 e. The predicted molar refractivity (Wildman–Crippen MR) is 102 cm³/mol. The van der Waals surface area contributed by atoms with Gasteiger partial charge in [-0.3, -0.25) is 5.32 Å². The number of hydrogen-bond acceptors (Lipinski definition) is 3. The van der Waals surface area contributed by atoms with Crippen LogP contribution in [0.2, 0.25) is 5.02 Å². The van der Waals surface area contributed by atoms with Crippen molar-refractivity contribution in [3.63, 3.8) is 0 Å². The Morgan fingerprint density at radius 3 is 2.81 bits per heavy atom. The third-order valence-corrected chi connectivity index (χ3v) is 5.48. The average Bonchev–Trinajstić information content (AvgIpc) is 3.10. The van der Waals surface area contributed by atoms with Crippen LogP contribution < -0.4 is 5.32 Å². The summed E-state index contributed by atoms with van der Waals surface area (Å²) in [5.74, 6) is 0.654. The first-order valence-electron chi connectivity index (χ1n) is 8.98. The van der Waals surface area contributed by atoms with Crippen LogP contribution in [0.15, 0.2) is 36.5 Å². The molecule has 2 aromatic rings. The number of likely N-dealkylation sites (tertiary alicyclic amines) is 1. The number of nitrogens with one attached hydrogen (secondary N) is 1.